The Hall–Kier alpha value is -1.09. The highest BCUT2D eigenvalue weighted by atomic mass is 35.5. The minimum absolute atomic E-state index is 0.114. The number of aromatic nitrogens is 2. The Balaban J connectivity index is 2.63. The third-order valence-electron chi connectivity index (χ3n) is 2.73. The number of fused-ring (bicyclic) bond motifs is 1. The van der Waals surface area contributed by atoms with Crippen LogP contribution in [0.4, 0.5) is 4.39 Å². The molecular weight excluding hydrogens is 251 g/mol. The van der Waals surface area contributed by atoms with Crippen LogP contribution in [0.1, 0.15) is 38.9 Å². The molecule has 1 unspecified atom stereocenters. The summed E-state index contributed by atoms with van der Waals surface area (Å²) < 4.78 is 15.3. The van der Waals surface area contributed by atoms with E-state index < -0.39 is 0 Å². The maximum atomic E-state index is 13.2. The van der Waals surface area contributed by atoms with Crippen molar-refractivity contribution in [2.75, 3.05) is 0 Å². The van der Waals surface area contributed by atoms with E-state index in [1.807, 2.05) is 6.92 Å². The van der Waals surface area contributed by atoms with Gasteiger partial charge in [-0.2, -0.15) is 0 Å². The molecule has 0 N–H and O–H groups in total. The predicted molar refractivity (Wildman–Crippen MR) is 73.4 cm³/mol. The first-order valence-corrected chi connectivity index (χ1v) is 6.51. The minimum Gasteiger partial charge on any atom is -0.326 e. The molecule has 1 aromatic heterocycles. The molecule has 0 saturated heterocycles. The average Bonchev–Trinajstić information content (AvgIpc) is 2.54. The number of imidazole rings is 1. The molecule has 0 bridgehead atoms. The van der Waals surface area contributed by atoms with Crippen LogP contribution in [-0.4, -0.2) is 9.55 Å². The van der Waals surface area contributed by atoms with Gasteiger partial charge < -0.3 is 4.57 Å². The topological polar surface area (TPSA) is 17.8 Å². The number of hydrogen-bond acceptors (Lipinski definition) is 1. The minimum atomic E-state index is -0.267. The summed E-state index contributed by atoms with van der Waals surface area (Å²) >= 11 is 6.17. The first-order chi connectivity index (χ1) is 8.28. The van der Waals surface area contributed by atoms with Crippen LogP contribution in [0.3, 0.4) is 0 Å². The molecule has 0 fully saturated rings. The van der Waals surface area contributed by atoms with Crippen LogP contribution in [-0.2, 0) is 6.54 Å². The van der Waals surface area contributed by atoms with Crippen LogP contribution < -0.4 is 0 Å². The maximum Gasteiger partial charge on any atom is 0.127 e. The first-order valence-electron chi connectivity index (χ1n) is 6.08. The Labute approximate surface area is 112 Å². The van der Waals surface area contributed by atoms with Crippen LogP contribution in [0.25, 0.3) is 11.0 Å². The average molecular weight is 269 g/mol. The molecule has 1 heterocycles. The molecule has 1 atom stereocenters. The summed E-state index contributed by atoms with van der Waals surface area (Å²) in [5, 5.41) is -0.192. The molecule has 1 aromatic carbocycles. The SMILES string of the molecule is CC(Cl)c1nc2cc(F)ccc2n1CC(C)(C)C. The number of rotatable bonds is 2. The highest BCUT2D eigenvalue weighted by Gasteiger charge is 2.20. The molecule has 0 aliphatic rings. The van der Waals surface area contributed by atoms with Gasteiger partial charge >= 0.3 is 0 Å². The third kappa shape index (κ3) is 2.66. The lowest BCUT2D eigenvalue weighted by Crippen LogP contribution is -2.17. The van der Waals surface area contributed by atoms with Gasteiger partial charge in [-0.3, -0.25) is 0 Å². The van der Waals surface area contributed by atoms with Crippen molar-refractivity contribution in [2.45, 2.75) is 39.6 Å². The number of nitrogens with zero attached hydrogens (tertiary/aromatic N) is 2. The fourth-order valence-corrected chi connectivity index (χ4v) is 2.23. The zero-order valence-corrected chi connectivity index (χ0v) is 11.9. The summed E-state index contributed by atoms with van der Waals surface area (Å²) in [4.78, 5) is 4.45. The summed E-state index contributed by atoms with van der Waals surface area (Å²) in [7, 11) is 0. The van der Waals surface area contributed by atoms with Crippen molar-refractivity contribution < 1.29 is 4.39 Å². The van der Waals surface area contributed by atoms with Gasteiger partial charge in [0.25, 0.3) is 0 Å². The van der Waals surface area contributed by atoms with E-state index in [0.717, 1.165) is 17.9 Å². The fourth-order valence-electron chi connectivity index (χ4n) is 2.07. The molecule has 98 valence electrons. The van der Waals surface area contributed by atoms with Crippen LogP contribution >= 0.6 is 11.6 Å². The number of benzene rings is 1. The van der Waals surface area contributed by atoms with Crippen molar-refractivity contribution in [3.05, 3.63) is 29.8 Å². The second-order valence-corrected chi connectivity index (χ2v) is 6.52. The van der Waals surface area contributed by atoms with Gasteiger partial charge in [-0.1, -0.05) is 20.8 Å². The van der Waals surface area contributed by atoms with Crippen molar-refractivity contribution in [1.82, 2.24) is 9.55 Å². The largest absolute Gasteiger partial charge is 0.326 e. The fraction of sp³-hybridized carbons (Fsp3) is 0.500. The van der Waals surface area contributed by atoms with Gasteiger partial charge in [0.2, 0.25) is 0 Å². The predicted octanol–water partition coefficient (Wildman–Crippen LogP) is 4.52. The molecule has 0 aliphatic carbocycles. The van der Waals surface area contributed by atoms with Crippen molar-refractivity contribution in [3.8, 4) is 0 Å². The van der Waals surface area contributed by atoms with Gasteiger partial charge in [-0.25, -0.2) is 9.37 Å². The van der Waals surface area contributed by atoms with Crippen LogP contribution in [0.5, 0.6) is 0 Å². The zero-order valence-electron chi connectivity index (χ0n) is 11.2. The number of halogens is 2. The van der Waals surface area contributed by atoms with Crippen LogP contribution in [0.15, 0.2) is 18.2 Å². The second kappa shape index (κ2) is 4.54. The Bertz CT molecular complexity index is 567. The van der Waals surface area contributed by atoms with Crippen molar-refractivity contribution in [3.63, 3.8) is 0 Å². The molecule has 2 rings (SSSR count). The normalized spacial score (nSPS) is 14.1. The zero-order chi connectivity index (χ0) is 13.5. The summed E-state index contributed by atoms with van der Waals surface area (Å²) in [5.41, 5.74) is 1.72. The summed E-state index contributed by atoms with van der Waals surface area (Å²) in [5.74, 6) is 0.531. The third-order valence-corrected chi connectivity index (χ3v) is 2.92. The van der Waals surface area contributed by atoms with E-state index >= 15 is 0 Å². The van der Waals surface area contributed by atoms with E-state index in [9.17, 15) is 4.39 Å². The molecule has 4 heteroatoms. The number of hydrogen-bond donors (Lipinski definition) is 0. The van der Waals surface area contributed by atoms with Gasteiger partial charge in [0.1, 0.15) is 11.6 Å². The Kier molecular flexibility index (Phi) is 3.37. The second-order valence-electron chi connectivity index (χ2n) is 5.87. The Morgan fingerprint density at radius 2 is 2.06 bits per heavy atom. The van der Waals surface area contributed by atoms with E-state index in [0.29, 0.717) is 5.52 Å². The summed E-state index contributed by atoms with van der Waals surface area (Å²) in [6, 6.07) is 4.69. The van der Waals surface area contributed by atoms with Crippen molar-refractivity contribution in [2.24, 2.45) is 5.41 Å². The first kappa shape index (κ1) is 13.3. The van der Waals surface area contributed by atoms with Gasteiger partial charge in [0, 0.05) is 12.6 Å². The van der Waals surface area contributed by atoms with E-state index in [4.69, 9.17) is 11.6 Å². The lowest BCUT2D eigenvalue weighted by molar-refractivity contribution is 0.343. The molecular formula is C14H18ClFN2. The highest BCUT2D eigenvalue weighted by molar-refractivity contribution is 6.20. The monoisotopic (exact) mass is 268 g/mol. The van der Waals surface area contributed by atoms with E-state index in [1.165, 1.54) is 12.1 Å². The number of alkyl halides is 1. The van der Waals surface area contributed by atoms with Gasteiger partial charge in [0.05, 0.1) is 16.4 Å². The Morgan fingerprint density at radius 3 is 2.61 bits per heavy atom. The molecule has 0 spiro atoms. The van der Waals surface area contributed by atoms with Crippen LogP contribution in [0, 0.1) is 11.2 Å². The molecule has 2 aromatic rings. The lowest BCUT2D eigenvalue weighted by Gasteiger charge is -2.21. The smallest absolute Gasteiger partial charge is 0.127 e. The molecule has 0 aliphatic heterocycles. The van der Waals surface area contributed by atoms with Crippen molar-refractivity contribution >= 4 is 22.6 Å². The van der Waals surface area contributed by atoms with Gasteiger partial charge in [-0.05, 0) is 24.5 Å². The van der Waals surface area contributed by atoms with E-state index in [-0.39, 0.29) is 16.6 Å². The molecule has 0 radical (unpaired) electrons. The summed E-state index contributed by atoms with van der Waals surface area (Å²) in [6.45, 7) is 9.17. The molecule has 2 nitrogen and oxygen atoms in total. The quantitative estimate of drug-likeness (QED) is 0.732. The molecule has 0 saturated carbocycles. The standard InChI is InChI=1S/C14H18ClFN2/c1-9(15)13-17-11-7-10(16)5-6-12(11)18(13)8-14(2,3)4/h5-7,9H,8H2,1-4H3. The van der Waals surface area contributed by atoms with Gasteiger partial charge in [-0.15, -0.1) is 11.6 Å². The van der Waals surface area contributed by atoms with Gasteiger partial charge in [0.15, 0.2) is 0 Å². The molecule has 0 amide bonds. The van der Waals surface area contributed by atoms with Crippen molar-refractivity contribution in [1.29, 1.82) is 0 Å². The van der Waals surface area contributed by atoms with Crippen LogP contribution in [0.2, 0.25) is 0 Å². The molecule has 18 heavy (non-hydrogen) atoms. The lowest BCUT2D eigenvalue weighted by atomic mass is 9.96. The maximum absolute atomic E-state index is 13.2. The summed E-state index contributed by atoms with van der Waals surface area (Å²) in [6.07, 6.45) is 0. The van der Waals surface area contributed by atoms with E-state index in [2.05, 4.69) is 30.3 Å². The Morgan fingerprint density at radius 1 is 1.39 bits per heavy atom. The van der Waals surface area contributed by atoms with E-state index in [1.54, 1.807) is 6.07 Å². The highest BCUT2D eigenvalue weighted by Crippen LogP contribution is 2.28.